The molecule has 0 amide bonds. The minimum atomic E-state index is 0.575. The van der Waals surface area contributed by atoms with Gasteiger partial charge in [-0.05, 0) is 45.7 Å². The van der Waals surface area contributed by atoms with Crippen molar-refractivity contribution in [1.29, 1.82) is 0 Å². The van der Waals surface area contributed by atoms with E-state index in [4.69, 9.17) is 0 Å². The number of benzene rings is 1. The maximum absolute atomic E-state index is 3.52. The van der Waals surface area contributed by atoms with Crippen molar-refractivity contribution in [1.82, 2.24) is 5.32 Å². The average molecular weight is 205 g/mol. The Balaban J connectivity index is 2.56. The molecule has 1 aromatic rings. The molecule has 1 aromatic carbocycles. The van der Waals surface area contributed by atoms with Crippen molar-refractivity contribution < 1.29 is 0 Å². The molecule has 0 saturated carbocycles. The van der Waals surface area contributed by atoms with Gasteiger partial charge < -0.3 is 5.32 Å². The van der Waals surface area contributed by atoms with Gasteiger partial charge in [-0.3, -0.25) is 0 Å². The first-order chi connectivity index (χ1) is 7.11. The topological polar surface area (TPSA) is 12.0 Å². The number of rotatable bonds is 5. The van der Waals surface area contributed by atoms with Gasteiger partial charge in [-0.1, -0.05) is 36.2 Å². The molecule has 0 bridgehead atoms. The molecule has 1 N–H and O–H groups in total. The average Bonchev–Trinajstić information content (AvgIpc) is 2.13. The first kappa shape index (κ1) is 12.3. The van der Waals surface area contributed by atoms with Crippen LogP contribution in [0.3, 0.4) is 0 Å². The minimum absolute atomic E-state index is 0.575. The molecule has 0 aromatic heterocycles. The Labute approximate surface area is 93.9 Å². The summed E-state index contributed by atoms with van der Waals surface area (Å²) in [5.74, 6) is 0. The highest BCUT2D eigenvalue weighted by atomic mass is 14.9. The van der Waals surface area contributed by atoms with Gasteiger partial charge in [0.2, 0.25) is 0 Å². The van der Waals surface area contributed by atoms with Crippen molar-refractivity contribution >= 4 is 0 Å². The first-order valence-corrected chi connectivity index (χ1v) is 5.92. The van der Waals surface area contributed by atoms with Crippen molar-refractivity contribution in [2.45, 2.75) is 46.6 Å². The first-order valence-electron chi connectivity index (χ1n) is 5.92. The van der Waals surface area contributed by atoms with Crippen molar-refractivity contribution in [3.05, 3.63) is 34.9 Å². The molecule has 0 radical (unpaired) electrons. The summed E-state index contributed by atoms with van der Waals surface area (Å²) in [6, 6.07) is 7.38. The number of hydrogen-bond donors (Lipinski definition) is 1. The van der Waals surface area contributed by atoms with Crippen LogP contribution in [0.5, 0.6) is 0 Å². The molecule has 0 spiro atoms. The quantitative estimate of drug-likeness (QED) is 0.778. The van der Waals surface area contributed by atoms with Crippen LogP contribution in [0.2, 0.25) is 0 Å². The lowest BCUT2D eigenvalue weighted by molar-refractivity contribution is 0.543. The third-order valence-corrected chi connectivity index (χ3v) is 2.57. The highest BCUT2D eigenvalue weighted by Gasteiger charge is 2.03. The van der Waals surface area contributed by atoms with Gasteiger partial charge in [0, 0.05) is 6.04 Å². The van der Waals surface area contributed by atoms with Crippen LogP contribution in [0, 0.1) is 13.8 Å². The van der Waals surface area contributed by atoms with Crippen molar-refractivity contribution in [3.8, 4) is 0 Å². The lowest BCUT2D eigenvalue weighted by Crippen LogP contribution is -2.28. The molecule has 0 aliphatic rings. The van der Waals surface area contributed by atoms with Crippen LogP contribution in [0.4, 0.5) is 0 Å². The Hall–Kier alpha value is -0.820. The fraction of sp³-hybridized carbons (Fsp3) is 0.571. The summed E-state index contributed by atoms with van der Waals surface area (Å²) in [5, 5.41) is 3.52. The van der Waals surface area contributed by atoms with E-state index in [2.05, 4.69) is 51.2 Å². The molecule has 1 nitrogen and oxygen atoms in total. The fourth-order valence-corrected chi connectivity index (χ4v) is 2.00. The van der Waals surface area contributed by atoms with E-state index in [9.17, 15) is 0 Å². The summed E-state index contributed by atoms with van der Waals surface area (Å²) < 4.78 is 0. The predicted octanol–water partition coefficient (Wildman–Crippen LogP) is 3.23. The van der Waals surface area contributed by atoms with Gasteiger partial charge >= 0.3 is 0 Å². The molecule has 0 saturated heterocycles. The van der Waals surface area contributed by atoms with Crippen LogP contribution in [-0.4, -0.2) is 12.6 Å². The molecule has 1 atom stereocenters. The van der Waals surface area contributed by atoms with Crippen LogP contribution in [0.1, 0.15) is 37.0 Å². The Morgan fingerprint density at radius 1 is 1.13 bits per heavy atom. The normalized spacial score (nSPS) is 12.8. The van der Waals surface area contributed by atoms with Crippen LogP contribution < -0.4 is 5.32 Å². The molecule has 1 unspecified atom stereocenters. The van der Waals surface area contributed by atoms with E-state index in [1.165, 1.54) is 23.1 Å². The lowest BCUT2D eigenvalue weighted by Gasteiger charge is -2.14. The Kier molecular flexibility index (Phi) is 4.83. The van der Waals surface area contributed by atoms with Crippen LogP contribution in [0.15, 0.2) is 18.2 Å². The van der Waals surface area contributed by atoms with Crippen molar-refractivity contribution in [3.63, 3.8) is 0 Å². The van der Waals surface area contributed by atoms with E-state index < -0.39 is 0 Å². The third-order valence-electron chi connectivity index (χ3n) is 2.57. The van der Waals surface area contributed by atoms with Gasteiger partial charge in [0.15, 0.2) is 0 Å². The molecule has 0 aliphatic heterocycles. The monoisotopic (exact) mass is 205 g/mol. The maximum Gasteiger partial charge on any atom is 0.00791 e. The zero-order valence-corrected chi connectivity index (χ0v) is 10.4. The Bertz CT molecular complexity index is 284. The molecular weight excluding hydrogens is 182 g/mol. The second-order valence-corrected chi connectivity index (χ2v) is 4.56. The molecule has 1 rings (SSSR count). The third kappa shape index (κ3) is 4.48. The molecule has 15 heavy (non-hydrogen) atoms. The lowest BCUT2D eigenvalue weighted by atomic mass is 10.0. The largest absolute Gasteiger partial charge is 0.314 e. The van der Waals surface area contributed by atoms with Gasteiger partial charge in [0.05, 0.1) is 0 Å². The second-order valence-electron chi connectivity index (χ2n) is 4.56. The summed E-state index contributed by atoms with van der Waals surface area (Å²) >= 11 is 0. The van der Waals surface area contributed by atoms with E-state index in [1.807, 2.05) is 0 Å². The van der Waals surface area contributed by atoms with E-state index in [-0.39, 0.29) is 0 Å². The molecule has 84 valence electrons. The molecular formula is C14H23N. The summed E-state index contributed by atoms with van der Waals surface area (Å²) in [5.41, 5.74) is 4.18. The zero-order chi connectivity index (χ0) is 11.3. The maximum atomic E-state index is 3.52. The second kappa shape index (κ2) is 5.92. The van der Waals surface area contributed by atoms with Gasteiger partial charge in [-0.2, -0.15) is 0 Å². The highest BCUT2D eigenvalue weighted by Crippen LogP contribution is 2.10. The van der Waals surface area contributed by atoms with E-state index in [0.29, 0.717) is 6.04 Å². The van der Waals surface area contributed by atoms with Crippen molar-refractivity contribution in [2.75, 3.05) is 6.54 Å². The minimum Gasteiger partial charge on any atom is -0.314 e. The van der Waals surface area contributed by atoms with E-state index >= 15 is 0 Å². The summed E-state index contributed by atoms with van der Waals surface area (Å²) in [7, 11) is 0. The fourth-order valence-electron chi connectivity index (χ4n) is 2.00. The van der Waals surface area contributed by atoms with Crippen LogP contribution >= 0.6 is 0 Å². The standard InChI is InChI=1S/C14H23N/c1-5-6-15-13(4)10-14-8-11(2)7-12(3)9-14/h7-9,13,15H,5-6,10H2,1-4H3. The zero-order valence-electron chi connectivity index (χ0n) is 10.4. The molecule has 0 aliphatic carbocycles. The molecule has 1 heteroatoms. The Morgan fingerprint density at radius 2 is 1.73 bits per heavy atom. The summed E-state index contributed by atoms with van der Waals surface area (Å²) in [4.78, 5) is 0. The summed E-state index contributed by atoms with van der Waals surface area (Å²) in [6.07, 6.45) is 2.33. The Morgan fingerprint density at radius 3 is 2.27 bits per heavy atom. The number of nitrogens with one attached hydrogen (secondary N) is 1. The van der Waals surface area contributed by atoms with Crippen molar-refractivity contribution in [2.24, 2.45) is 0 Å². The van der Waals surface area contributed by atoms with Gasteiger partial charge in [0.1, 0.15) is 0 Å². The predicted molar refractivity (Wildman–Crippen MR) is 67.4 cm³/mol. The smallest absolute Gasteiger partial charge is 0.00791 e. The van der Waals surface area contributed by atoms with E-state index in [0.717, 1.165) is 13.0 Å². The number of hydrogen-bond acceptors (Lipinski definition) is 1. The number of aryl methyl sites for hydroxylation is 2. The SMILES string of the molecule is CCCNC(C)Cc1cc(C)cc(C)c1. The van der Waals surface area contributed by atoms with E-state index in [1.54, 1.807) is 0 Å². The van der Waals surface area contributed by atoms with Crippen LogP contribution in [0.25, 0.3) is 0 Å². The molecule has 0 heterocycles. The summed E-state index contributed by atoms with van der Waals surface area (Å²) in [6.45, 7) is 9.91. The van der Waals surface area contributed by atoms with Gasteiger partial charge in [-0.15, -0.1) is 0 Å². The highest BCUT2D eigenvalue weighted by molar-refractivity contribution is 5.28. The van der Waals surface area contributed by atoms with Crippen LogP contribution in [-0.2, 0) is 6.42 Å². The molecule has 0 fully saturated rings. The van der Waals surface area contributed by atoms with Gasteiger partial charge in [-0.25, -0.2) is 0 Å². The van der Waals surface area contributed by atoms with Gasteiger partial charge in [0.25, 0.3) is 0 Å².